The number of terminal acetylenes is 1. The third-order valence-corrected chi connectivity index (χ3v) is 4.89. The van der Waals surface area contributed by atoms with Crippen LogP contribution in [0.2, 0.25) is 0 Å². The summed E-state index contributed by atoms with van der Waals surface area (Å²) in [6, 6.07) is 1.57. The molecule has 2 amide bonds. The van der Waals surface area contributed by atoms with Crippen LogP contribution in [0.25, 0.3) is 0 Å². The molecule has 1 aromatic heterocycles. The molecule has 0 aliphatic carbocycles. The molecule has 1 fully saturated rings. The number of carbonyl (C=O) groups excluding carboxylic acids is 1. The molecule has 178 valence electrons. The zero-order chi connectivity index (χ0) is 26.4. The number of carbonyl (C=O) groups is 1. The smallest absolute Gasteiger partial charge is 0.345 e. The SMILES string of the molecule is C#CC#CC#CC#CC#CC#CC#CC#CC#CNC(=O)NNc1nc(OS(=O)N2CCOCC2)ns1. The van der Waals surface area contributed by atoms with Crippen LogP contribution in [0.15, 0.2) is 0 Å². The number of ether oxygens (including phenoxy) is 1. The largest absolute Gasteiger partial charge is 0.379 e. The zero-order valence-corrected chi connectivity index (χ0v) is 20.3. The summed E-state index contributed by atoms with van der Waals surface area (Å²) in [4.78, 5) is 15.7. The van der Waals surface area contributed by atoms with Gasteiger partial charge in [0.15, 0.2) is 0 Å². The van der Waals surface area contributed by atoms with Crippen LogP contribution in [0.3, 0.4) is 0 Å². The number of aromatic nitrogens is 2. The molecule has 1 aromatic rings. The van der Waals surface area contributed by atoms with E-state index >= 15 is 0 Å². The number of morpholine rings is 1. The average molecular weight is 525 g/mol. The van der Waals surface area contributed by atoms with Crippen LogP contribution in [-0.4, -0.2) is 50.2 Å². The first kappa shape index (κ1) is 27.8. The molecule has 2 rings (SSSR count). The van der Waals surface area contributed by atoms with Gasteiger partial charge in [0.05, 0.1) is 13.2 Å². The van der Waals surface area contributed by atoms with E-state index in [1.807, 2.05) is 0 Å². The monoisotopic (exact) mass is 524 g/mol. The van der Waals surface area contributed by atoms with Crippen molar-refractivity contribution in [3.63, 3.8) is 0 Å². The number of urea groups is 1. The van der Waals surface area contributed by atoms with Crippen LogP contribution in [0.5, 0.6) is 6.01 Å². The van der Waals surface area contributed by atoms with Gasteiger partial charge in [0.2, 0.25) is 5.13 Å². The molecule has 12 heteroatoms. The summed E-state index contributed by atoms with van der Waals surface area (Å²) in [5, 5.41) is 2.45. The number of rotatable bonds is 5. The van der Waals surface area contributed by atoms with Crippen molar-refractivity contribution >= 4 is 34.0 Å². The third-order valence-electron chi connectivity index (χ3n) is 3.20. The summed E-state index contributed by atoms with van der Waals surface area (Å²) in [6.45, 7) is 1.89. The average Bonchev–Trinajstić information content (AvgIpc) is 3.37. The van der Waals surface area contributed by atoms with E-state index in [0.717, 1.165) is 11.5 Å². The topological polar surface area (TPSA) is 118 Å². The number of nitrogens with one attached hydrogen (secondary N) is 3. The molecule has 1 aliphatic rings. The van der Waals surface area contributed by atoms with Gasteiger partial charge >= 0.3 is 12.0 Å². The molecule has 1 aliphatic heterocycles. The fourth-order valence-corrected chi connectivity index (χ4v) is 3.07. The molecule has 37 heavy (non-hydrogen) atoms. The van der Waals surface area contributed by atoms with Crippen molar-refractivity contribution in [1.29, 1.82) is 0 Å². The van der Waals surface area contributed by atoms with Crippen molar-refractivity contribution in [3.05, 3.63) is 0 Å². The van der Waals surface area contributed by atoms with E-state index in [0.29, 0.717) is 26.3 Å². The van der Waals surface area contributed by atoms with Gasteiger partial charge in [0.1, 0.15) is 0 Å². The predicted octanol–water partition coefficient (Wildman–Crippen LogP) is -0.928. The molecule has 0 saturated carbocycles. The van der Waals surface area contributed by atoms with Crippen LogP contribution in [-0.2, 0) is 16.0 Å². The predicted molar refractivity (Wildman–Crippen MR) is 137 cm³/mol. The van der Waals surface area contributed by atoms with Gasteiger partial charge < -0.3 is 8.92 Å². The van der Waals surface area contributed by atoms with Crippen molar-refractivity contribution in [2.75, 3.05) is 31.7 Å². The molecule has 2 heterocycles. The highest BCUT2D eigenvalue weighted by Gasteiger charge is 2.20. The third kappa shape index (κ3) is 13.1. The van der Waals surface area contributed by atoms with Gasteiger partial charge in [-0.2, -0.15) is 13.5 Å². The second-order valence-corrected chi connectivity index (χ2v) is 7.44. The molecule has 3 N–H and O–H groups in total. The molecular formula is C25H12N6O4S2. The van der Waals surface area contributed by atoms with Crippen molar-refractivity contribution in [2.24, 2.45) is 0 Å². The lowest BCUT2D eigenvalue weighted by atomic mass is 10.5. The Hall–Kier alpha value is -5.46. The molecule has 0 bridgehead atoms. The number of hydrazine groups is 1. The minimum atomic E-state index is -1.73. The highest BCUT2D eigenvalue weighted by atomic mass is 32.2. The van der Waals surface area contributed by atoms with Gasteiger partial charge in [-0.1, -0.05) is 0 Å². The molecule has 10 nitrogen and oxygen atoms in total. The summed E-state index contributed by atoms with van der Waals surface area (Å²) < 4.78 is 28.0. The van der Waals surface area contributed by atoms with Crippen LogP contribution in [0.1, 0.15) is 0 Å². The highest BCUT2D eigenvalue weighted by molar-refractivity contribution is 7.78. The van der Waals surface area contributed by atoms with Gasteiger partial charge in [-0.15, -0.1) is 10.8 Å². The summed E-state index contributed by atoms with van der Waals surface area (Å²) >= 11 is -0.834. The second-order valence-electron chi connectivity index (χ2n) is 5.57. The van der Waals surface area contributed by atoms with E-state index in [2.05, 4.69) is 126 Å². The Labute approximate surface area is 221 Å². The maximum atomic E-state index is 12.1. The lowest BCUT2D eigenvalue weighted by Gasteiger charge is -2.23. The molecule has 0 aromatic carbocycles. The Morgan fingerprint density at radius 1 is 0.919 bits per heavy atom. The van der Waals surface area contributed by atoms with Crippen LogP contribution in [0, 0.1) is 107 Å². The summed E-state index contributed by atoms with van der Waals surface area (Å²) in [5.74, 6) is 38.6. The van der Waals surface area contributed by atoms with Gasteiger partial charge in [-0.25, -0.2) is 10.2 Å². The van der Waals surface area contributed by atoms with Crippen LogP contribution >= 0.6 is 11.5 Å². The van der Waals surface area contributed by atoms with E-state index in [4.69, 9.17) is 15.3 Å². The Kier molecular flexibility index (Phi) is 13.5. The number of hydrogen-bond acceptors (Lipinski definition) is 8. The zero-order valence-electron chi connectivity index (χ0n) is 18.7. The minimum Gasteiger partial charge on any atom is -0.379 e. The fraction of sp³-hybridized carbons (Fsp3) is 0.160. The van der Waals surface area contributed by atoms with Gasteiger partial charge in [-0.3, -0.25) is 10.7 Å². The Balaban J connectivity index is 1.66. The van der Waals surface area contributed by atoms with Crippen molar-refractivity contribution in [1.82, 2.24) is 24.4 Å². The number of amides is 2. The first-order chi connectivity index (χ1) is 18.2. The van der Waals surface area contributed by atoms with E-state index in [1.165, 1.54) is 0 Å². The van der Waals surface area contributed by atoms with Crippen molar-refractivity contribution < 1.29 is 17.9 Å². The number of nitrogens with zero attached hydrogens (tertiary/aromatic N) is 3. The first-order valence-electron chi connectivity index (χ1n) is 9.73. The molecule has 1 unspecified atom stereocenters. The van der Waals surface area contributed by atoms with E-state index in [9.17, 15) is 9.00 Å². The molecule has 0 spiro atoms. The van der Waals surface area contributed by atoms with Crippen LogP contribution in [0.4, 0.5) is 9.93 Å². The van der Waals surface area contributed by atoms with E-state index in [1.54, 1.807) is 4.31 Å². The van der Waals surface area contributed by atoms with Gasteiger partial charge in [0, 0.05) is 78.0 Å². The first-order valence-corrected chi connectivity index (χ1v) is 11.5. The van der Waals surface area contributed by atoms with E-state index in [-0.39, 0.29) is 11.1 Å². The quantitative estimate of drug-likeness (QED) is 0.259. The highest BCUT2D eigenvalue weighted by Crippen LogP contribution is 2.16. The Morgan fingerprint density at radius 3 is 2.03 bits per heavy atom. The van der Waals surface area contributed by atoms with E-state index < -0.39 is 17.3 Å². The fourth-order valence-electron chi connectivity index (χ4n) is 1.81. The lowest BCUT2D eigenvalue weighted by molar-refractivity contribution is 0.0727. The maximum Gasteiger partial charge on any atom is 0.345 e. The summed E-state index contributed by atoms with van der Waals surface area (Å²) in [5.41, 5.74) is 4.81. The lowest BCUT2D eigenvalue weighted by Crippen LogP contribution is -2.39. The normalized spacial score (nSPS) is 11.1. The minimum absolute atomic E-state index is 0.0884. The Morgan fingerprint density at radius 2 is 1.46 bits per heavy atom. The standard InChI is InChI=1S/C25H12N6O4S2/c1-2-3-4-5-6-7-8-9-10-11-12-13-14-15-16-17-18-26-23(32)28-29-25-27-24(30-36-25)35-37(33)31-19-21-34-22-20-31/h1H,19-22H2,(H2,26,28,32)(H,27,29,30). The molecule has 0 radical (unpaired) electrons. The maximum absolute atomic E-state index is 12.1. The molecule has 1 atom stereocenters. The molecular weight excluding hydrogens is 512 g/mol. The summed E-state index contributed by atoms with van der Waals surface area (Å²) in [6.07, 6.45) is 4.93. The van der Waals surface area contributed by atoms with Gasteiger partial charge in [0.25, 0.3) is 11.3 Å². The summed E-state index contributed by atoms with van der Waals surface area (Å²) in [7, 11) is 0. The number of hydrogen-bond donors (Lipinski definition) is 3. The Bertz CT molecular complexity index is 1580. The van der Waals surface area contributed by atoms with Crippen LogP contribution < -0.4 is 20.4 Å². The van der Waals surface area contributed by atoms with Gasteiger partial charge in [-0.05, 0) is 47.4 Å². The van der Waals surface area contributed by atoms with Crippen molar-refractivity contribution in [2.45, 2.75) is 0 Å². The second kappa shape index (κ2) is 17.9. The molecule has 1 saturated heterocycles. The van der Waals surface area contributed by atoms with Crippen molar-refractivity contribution in [3.8, 4) is 113 Å². The number of anilines is 1.